The highest BCUT2D eigenvalue weighted by atomic mass is 79.9. The van der Waals surface area contributed by atoms with E-state index in [-0.39, 0.29) is 10.8 Å². The highest BCUT2D eigenvalue weighted by molar-refractivity contribution is 9.10. The third kappa shape index (κ3) is 2.84. The molecule has 0 atom stereocenters. The van der Waals surface area contributed by atoms with E-state index in [9.17, 15) is 0 Å². The van der Waals surface area contributed by atoms with Crippen LogP contribution in [0.5, 0.6) is 5.88 Å². The number of halogens is 1. The Morgan fingerprint density at radius 3 is 3.64 bits per heavy atom. The van der Waals surface area contributed by atoms with Crippen LogP contribution in [0.25, 0.3) is 0 Å². The molecule has 1 aromatic heterocycles. The molecule has 0 bridgehead atoms. The number of ether oxygens (including phenoxy) is 1. The van der Waals surface area contributed by atoms with Gasteiger partial charge in [0, 0.05) is 6.85 Å². The highest BCUT2D eigenvalue weighted by Gasteiger charge is 1.94. The Bertz CT molecular complexity index is 518. The lowest BCUT2D eigenvalue weighted by Gasteiger charge is -2.01. The number of rotatable bonds is 3. The van der Waals surface area contributed by atoms with Crippen molar-refractivity contribution in [2.75, 3.05) is 6.56 Å². The van der Waals surface area contributed by atoms with E-state index >= 15 is 0 Å². The summed E-state index contributed by atoms with van der Waals surface area (Å²) in [6.07, 6.45) is -4.43. The van der Waals surface area contributed by atoms with Gasteiger partial charge in [-0.25, -0.2) is 4.98 Å². The molecule has 0 amide bonds. The topological polar surface area (TPSA) is 35.0 Å². The molecule has 0 N–H and O–H groups in total. The first-order chi connectivity index (χ1) is 8.79. The van der Waals surface area contributed by atoms with Crippen LogP contribution < -0.4 is 4.74 Å². The normalized spacial score (nSPS) is 25.4. The molecule has 1 aromatic rings. The smallest absolute Gasteiger partial charge is 0.233 e. The Morgan fingerprint density at radius 1 is 1.91 bits per heavy atom. The fourth-order valence-corrected chi connectivity index (χ4v) is 0.630. The van der Waals surface area contributed by atoms with Crippen molar-refractivity contribution in [2.45, 2.75) is 13.2 Å². The maximum atomic E-state index is 7.44. The zero-order valence-electron chi connectivity index (χ0n) is 14.2. The molecule has 0 aliphatic heterocycles. The average Bonchev–Trinajstić information content (AvgIpc) is 2.23. The first-order valence-corrected chi connectivity index (χ1v) is 3.28. The van der Waals surface area contributed by atoms with Crippen molar-refractivity contribution in [2.24, 2.45) is 0 Å². The van der Waals surface area contributed by atoms with E-state index in [4.69, 9.17) is 12.3 Å². The second-order valence-electron chi connectivity index (χ2n) is 1.37. The molecule has 0 aliphatic carbocycles. The van der Waals surface area contributed by atoms with Crippen LogP contribution in [-0.2, 0) is 0 Å². The zero-order valence-corrected chi connectivity index (χ0v) is 6.77. The number of hydrogen-bond acceptors (Lipinski definition) is 3. The molecule has 0 saturated carbocycles. The Hall–Kier alpha value is -0.640. The molecule has 0 fully saturated rings. The molecule has 1 rings (SSSR count). The van der Waals surface area contributed by atoms with Crippen LogP contribution in [0, 0.1) is 0 Å². The molecular formula is C7H9BrN2O. The summed E-state index contributed by atoms with van der Waals surface area (Å²) in [6.45, 7) is -6.55. The van der Waals surface area contributed by atoms with Gasteiger partial charge in [-0.1, -0.05) is 6.85 Å². The van der Waals surface area contributed by atoms with Gasteiger partial charge < -0.3 is 4.74 Å². The molecule has 3 nitrogen and oxygen atoms in total. The van der Waals surface area contributed by atoms with Gasteiger partial charge in [-0.15, -0.1) is 0 Å². The summed E-state index contributed by atoms with van der Waals surface area (Å²) in [5.74, 6) is -0.717. The maximum Gasteiger partial charge on any atom is 0.233 e. The van der Waals surface area contributed by atoms with Gasteiger partial charge in [-0.2, -0.15) is 0 Å². The molecule has 0 aromatic carbocycles. The van der Waals surface area contributed by atoms with Crippen molar-refractivity contribution in [3.05, 3.63) is 16.9 Å². The van der Waals surface area contributed by atoms with Crippen LogP contribution in [0.4, 0.5) is 0 Å². The van der Waals surface area contributed by atoms with E-state index in [0.29, 0.717) is 0 Å². The van der Waals surface area contributed by atoms with Crippen LogP contribution in [0.1, 0.15) is 25.6 Å². The summed E-state index contributed by atoms with van der Waals surface area (Å²) in [4.78, 5) is 6.89. The SMILES string of the molecule is [2H]c1nc([2H])c(OC([2H])([2H])C([2H])([2H])C([2H])([2H])[2H])nc1Br. The first kappa shape index (κ1) is 2.42. The first-order valence-electron chi connectivity index (χ1n) is 6.99. The van der Waals surface area contributed by atoms with Crippen molar-refractivity contribution in [3.8, 4) is 5.88 Å². The molecule has 0 saturated heterocycles. The summed E-state index contributed by atoms with van der Waals surface area (Å²) in [7, 11) is 0. The van der Waals surface area contributed by atoms with Gasteiger partial charge in [0.05, 0.1) is 24.4 Å². The van der Waals surface area contributed by atoms with Crippen molar-refractivity contribution < 1.29 is 17.1 Å². The van der Waals surface area contributed by atoms with Crippen LogP contribution >= 0.6 is 15.9 Å². The van der Waals surface area contributed by atoms with Crippen LogP contribution in [-0.4, -0.2) is 16.5 Å². The van der Waals surface area contributed by atoms with Gasteiger partial charge in [-0.05, 0) is 22.3 Å². The number of nitrogens with zero attached hydrogens (tertiary/aromatic N) is 2. The lowest BCUT2D eigenvalue weighted by molar-refractivity contribution is 0.303. The van der Waals surface area contributed by atoms with Gasteiger partial charge in [0.25, 0.3) is 0 Å². The predicted octanol–water partition coefficient (Wildman–Crippen LogP) is 2.03. The van der Waals surface area contributed by atoms with Crippen molar-refractivity contribution >= 4 is 15.9 Å². The maximum absolute atomic E-state index is 7.44. The van der Waals surface area contributed by atoms with Gasteiger partial charge >= 0.3 is 0 Å². The van der Waals surface area contributed by atoms with E-state index in [1.165, 1.54) is 0 Å². The third-order valence-corrected chi connectivity index (χ3v) is 1.05. The minimum absolute atomic E-state index is 0.145. The fraction of sp³-hybridized carbons (Fsp3) is 0.429. The fourth-order valence-electron chi connectivity index (χ4n) is 0.381. The quantitative estimate of drug-likeness (QED) is 0.790. The average molecular weight is 226 g/mol. The van der Waals surface area contributed by atoms with Gasteiger partial charge in [0.2, 0.25) is 5.88 Å². The van der Waals surface area contributed by atoms with E-state index in [0.717, 1.165) is 0 Å². The lowest BCUT2D eigenvalue weighted by atomic mass is 10.5. The molecule has 0 radical (unpaired) electrons. The van der Waals surface area contributed by atoms with Gasteiger partial charge in [-0.3, -0.25) is 4.98 Å². The van der Waals surface area contributed by atoms with E-state index in [1.807, 2.05) is 0 Å². The summed E-state index contributed by atoms with van der Waals surface area (Å²) in [5.41, 5.74) is 0. The van der Waals surface area contributed by atoms with Gasteiger partial charge in [0.15, 0.2) is 0 Å². The summed E-state index contributed by atoms with van der Waals surface area (Å²) in [5, 5.41) is 0. The molecule has 1 heterocycles. The van der Waals surface area contributed by atoms with Crippen molar-refractivity contribution in [1.29, 1.82) is 0 Å². The molecule has 0 spiro atoms. The largest absolute Gasteiger partial charge is 0.477 e. The highest BCUT2D eigenvalue weighted by Crippen LogP contribution is 2.09. The minimum Gasteiger partial charge on any atom is -0.477 e. The molecule has 0 unspecified atom stereocenters. The summed E-state index contributed by atoms with van der Waals surface area (Å²) in [6, 6.07) is 0. The van der Waals surface area contributed by atoms with Crippen molar-refractivity contribution in [3.63, 3.8) is 0 Å². The summed E-state index contributed by atoms with van der Waals surface area (Å²) < 4.78 is 69.6. The molecule has 4 heteroatoms. The molecule has 0 aliphatic rings. The molecule has 60 valence electrons. The summed E-state index contributed by atoms with van der Waals surface area (Å²) >= 11 is 2.83. The van der Waals surface area contributed by atoms with E-state index < -0.39 is 31.8 Å². The second kappa shape index (κ2) is 4.28. The van der Waals surface area contributed by atoms with Gasteiger partial charge in [0.1, 0.15) is 4.60 Å². The van der Waals surface area contributed by atoms with E-state index in [1.54, 1.807) is 0 Å². The monoisotopic (exact) mass is 225 g/mol. The Morgan fingerprint density at radius 2 is 2.82 bits per heavy atom. The lowest BCUT2D eigenvalue weighted by Crippen LogP contribution is -1.97. The number of aromatic nitrogens is 2. The number of hydrogen-bond donors (Lipinski definition) is 0. The van der Waals surface area contributed by atoms with E-state index in [2.05, 4.69) is 30.6 Å². The second-order valence-corrected chi connectivity index (χ2v) is 2.12. The minimum atomic E-state index is -3.33. The Balaban J connectivity index is 3.18. The Labute approximate surface area is 86.6 Å². The third-order valence-electron chi connectivity index (χ3n) is 0.698. The molecule has 11 heavy (non-hydrogen) atoms. The van der Waals surface area contributed by atoms with Crippen molar-refractivity contribution in [1.82, 2.24) is 9.97 Å². The van der Waals surface area contributed by atoms with Crippen LogP contribution in [0.15, 0.2) is 16.9 Å². The predicted molar refractivity (Wildman–Crippen MR) is 45.5 cm³/mol. The standard InChI is InChI=1S/C7H9BrN2O/c1-2-3-11-7-5-9-4-6(8)10-7/h4-5H,2-3H2,1H3/i1D3,2D2,3D2,4D,5D. The Kier molecular flexibility index (Phi) is 0.943. The molecular weight excluding hydrogens is 208 g/mol. The van der Waals surface area contributed by atoms with Crippen LogP contribution in [0.2, 0.25) is 0 Å². The van der Waals surface area contributed by atoms with Crippen LogP contribution in [0.3, 0.4) is 0 Å². The zero-order chi connectivity index (χ0) is 15.9.